The Balaban J connectivity index is 2.18. The van der Waals surface area contributed by atoms with E-state index in [9.17, 15) is 4.79 Å². The molecular formula is C16H17ClN2O3. The van der Waals surface area contributed by atoms with E-state index in [1.807, 2.05) is 6.92 Å². The summed E-state index contributed by atoms with van der Waals surface area (Å²) in [5.41, 5.74) is 1.02. The molecule has 0 bridgehead atoms. The van der Waals surface area contributed by atoms with Gasteiger partial charge in [0.05, 0.1) is 12.3 Å². The normalized spacial score (nSPS) is 11.8. The largest absolute Gasteiger partial charge is 0.486 e. The van der Waals surface area contributed by atoms with Crippen molar-refractivity contribution in [1.82, 2.24) is 4.98 Å². The summed E-state index contributed by atoms with van der Waals surface area (Å²) in [5.74, 6) is 0.283. The van der Waals surface area contributed by atoms with Crippen LogP contribution in [0.5, 0.6) is 5.75 Å². The zero-order valence-corrected chi connectivity index (χ0v) is 13.1. The van der Waals surface area contributed by atoms with Gasteiger partial charge in [-0.15, -0.1) is 0 Å². The van der Waals surface area contributed by atoms with Crippen LogP contribution in [-0.2, 0) is 4.74 Å². The fourth-order valence-corrected chi connectivity index (χ4v) is 2.06. The molecule has 0 saturated heterocycles. The van der Waals surface area contributed by atoms with Crippen molar-refractivity contribution in [2.24, 2.45) is 0 Å². The molecule has 1 N–H and O–H groups in total. The van der Waals surface area contributed by atoms with Crippen LogP contribution < -0.4 is 10.1 Å². The van der Waals surface area contributed by atoms with Crippen molar-refractivity contribution >= 4 is 23.2 Å². The fraction of sp³-hybridized carbons (Fsp3) is 0.250. The van der Waals surface area contributed by atoms with Gasteiger partial charge in [0.1, 0.15) is 11.9 Å². The number of aromatic nitrogens is 1. The predicted molar refractivity (Wildman–Crippen MR) is 85.6 cm³/mol. The van der Waals surface area contributed by atoms with Crippen molar-refractivity contribution in [2.45, 2.75) is 13.0 Å². The molecule has 0 spiro atoms. The molecule has 2 rings (SSSR count). The number of nitrogens with zero attached hydrogens (tertiary/aromatic N) is 1. The van der Waals surface area contributed by atoms with Crippen LogP contribution in [0.4, 0.5) is 5.69 Å². The molecule has 0 aliphatic heterocycles. The van der Waals surface area contributed by atoms with Crippen LogP contribution in [0.25, 0.3) is 0 Å². The Labute approximate surface area is 134 Å². The van der Waals surface area contributed by atoms with Crippen molar-refractivity contribution in [2.75, 3.05) is 19.0 Å². The van der Waals surface area contributed by atoms with Crippen molar-refractivity contribution in [3.05, 3.63) is 53.3 Å². The van der Waals surface area contributed by atoms with E-state index in [1.54, 1.807) is 49.8 Å². The molecule has 1 amide bonds. The van der Waals surface area contributed by atoms with Crippen molar-refractivity contribution in [3.63, 3.8) is 0 Å². The van der Waals surface area contributed by atoms with Gasteiger partial charge in [0.15, 0.2) is 0 Å². The van der Waals surface area contributed by atoms with Crippen molar-refractivity contribution in [1.29, 1.82) is 0 Å². The number of ether oxygens (including phenoxy) is 2. The molecule has 1 atom stereocenters. The molecule has 2 aromatic rings. The molecule has 116 valence electrons. The summed E-state index contributed by atoms with van der Waals surface area (Å²) in [6.07, 6.45) is 2.97. The highest BCUT2D eigenvalue weighted by molar-refractivity contribution is 6.31. The second kappa shape index (κ2) is 7.77. The van der Waals surface area contributed by atoms with Crippen LogP contribution in [-0.4, -0.2) is 30.7 Å². The van der Waals surface area contributed by atoms with Crippen LogP contribution in [0.3, 0.4) is 0 Å². The van der Waals surface area contributed by atoms with E-state index in [4.69, 9.17) is 21.1 Å². The second-order valence-corrected chi connectivity index (χ2v) is 5.15. The SMILES string of the molecule is COC[C@H](C)Oc1ccc(Cl)cc1NC(=O)c1ccncc1. The Bertz CT molecular complexity index is 635. The zero-order valence-electron chi connectivity index (χ0n) is 12.4. The smallest absolute Gasteiger partial charge is 0.255 e. The van der Waals surface area contributed by atoms with Gasteiger partial charge in [-0.25, -0.2) is 0 Å². The first-order valence-corrected chi connectivity index (χ1v) is 7.14. The van der Waals surface area contributed by atoms with Crippen LogP contribution in [0, 0.1) is 0 Å². The van der Waals surface area contributed by atoms with E-state index >= 15 is 0 Å². The number of carbonyl (C=O) groups excluding carboxylic acids is 1. The van der Waals surface area contributed by atoms with Crippen LogP contribution in [0.2, 0.25) is 5.02 Å². The average molecular weight is 321 g/mol. The molecule has 0 saturated carbocycles. The minimum absolute atomic E-state index is 0.150. The van der Waals surface area contributed by atoms with Gasteiger partial charge < -0.3 is 14.8 Å². The first kappa shape index (κ1) is 16.3. The Morgan fingerprint density at radius 3 is 2.73 bits per heavy atom. The number of anilines is 1. The molecule has 1 aromatic carbocycles. The molecule has 22 heavy (non-hydrogen) atoms. The van der Waals surface area contributed by atoms with Crippen molar-refractivity contribution in [3.8, 4) is 5.75 Å². The Morgan fingerprint density at radius 2 is 2.05 bits per heavy atom. The minimum Gasteiger partial charge on any atom is -0.486 e. The number of methoxy groups -OCH3 is 1. The second-order valence-electron chi connectivity index (χ2n) is 4.71. The highest BCUT2D eigenvalue weighted by atomic mass is 35.5. The Kier molecular flexibility index (Phi) is 5.75. The molecular weight excluding hydrogens is 304 g/mol. The maximum absolute atomic E-state index is 12.2. The summed E-state index contributed by atoms with van der Waals surface area (Å²) in [4.78, 5) is 16.1. The first-order chi connectivity index (χ1) is 10.6. The van der Waals surface area contributed by atoms with Gasteiger partial charge in [0.25, 0.3) is 5.91 Å². The third kappa shape index (κ3) is 4.44. The summed E-state index contributed by atoms with van der Waals surface area (Å²) in [6, 6.07) is 8.34. The summed E-state index contributed by atoms with van der Waals surface area (Å²) in [5, 5.41) is 3.31. The standard InChI is InChI=1S/C16H17ClN2O3/c1-11(10-21-2)22-15-4-3-13(17)9-14(15)19-16(20)12-5-7-18-8-6-12/h3-9,11H,10H2,1-2H3,(H,19,20)/t11-/m0/s1. The first-order valence-electron chi connectivity index (χ1n) is 6.76. The molecule has 0 aliphatic carbocycles. The van der Waals surface area contributed by atoms with Gasteiger partial charge in [-0.3, -0.25) is 9.78 Å². The number of rotatable bonds is 6. The highest BCUT2D eigenvalue weighted by Crippen LogP contribution is 2.29. The molecule has 6 heteroatoms. The van der Waals surface area contributed by atoms with Gasteiger partial charge in [-0.05, 0) is 37.3 Å². The van der Waals surface area contributed by atoms with Gasteiger partial charge in [-0.1, -0.05) is 11.6 Å². The third-order valence-corrected chi connectivity index (χ3v) is 3.10. The minimum atomic E-state index is -0.256. The molecule has 1 heterocycles. The van der Waals surface area contributed by atoms with E-state index in [1.165, 1.54) is 0 Å². The Morgan fingerprint density at radius 1 is 1.32 bits per heavy atom. The molecule has 1 aromatic heterocycles. The van der Waals surface area contributed by atoms with Crippen LogP contribution >= 0.6 is 11.6 Å². The topological polar surface area (TPSA) is 60.5 Å². The lowest BCUT2D eigenvalue weighted by atomic mass is 10.2. The number of pyridine rings is 1. The van der Waals surface area contributed by atoms with Crippen LogP contribution in [0.1, 0.15) is 17.3 Å². The quantitative estimate of drug-likeness (QED) is 0.886. The molecule has 0 radical (unpaired) electrons. The molecule has 0 aliphatic rings. The summed E-state index contributed by atoms with van der Waals surface area (Å²) in [6.45, 7) is 2.33. The summed E-state index contributed by atoms with van der Waals surface area (Å²) < 4.78 is 10.8. The average Bonchev–Trinajstić information content (AvgIpc) is 2.51. The molecule has 5 nitrogen and oxygen atoms in total. The maximum atomic E-state index is 12.2. The monoisotopic (exact) mass is 320 g/mol. The van der Waals surface area contributed by atoms with Crippen LogP contribution in [0.15, 0.2) is 42.7 Å². The number of carbonyl (C=O) groups is 1. The number of hydrogen-bond acceptors (Lipinski definition) is 4. The lowest BCUT2D eigenvalue weighted by Gasteiger charge is -2.17. The highest BCUT2D eigenvalue weighted by Gasteiger charge is 2.13. The third-order valence-electron chi connectivity index (χ3n) is 2.86. The van der Waals surface area contributed by atoms with E-state index in [0.717, 1.165) is 0 Å². The van der Waals surface area contributed by atoms with E-state index < -0.39 is 0 Å². The number of halogens is 1. The van der Waals surface area contributed by atoms with Gasteiger partial charge in [0, 0.05) is 30.1 Å². The molecule has 0 unspecified atom stereocenters. The van der Waals surface area contributed by atoms with E-state index in [-0.39, 0.29) is 12.0 Å². The Hall–Kier alpha value is -2.11. The van der Waals surface area contributed by atoms with Gasteiger partial charge >= 0.3 is 0 Å². The maximum Gasteiger partial charge on any atom is 0.255 e. The number of benzene rings is 1. The van der Waals surface area contributed by atoms with Crippen molar-refractivity contribution < 1.29 is 14.3 Å². The van der Waals surface area contributed by atoms with Gasteiger partial charge in [-0.2, -0.15) is 0 Å². The van der Waals surface area contributed by atoms with E-state index in [0.29, 0.717) is 28.6 Å². The summed E-state index contributed by atoms with van der Waals surface area (Å²) >= 11 is 6.00. The summed E-state index contributed by atoms with van der Waals surface area (Å²) in [7, 11) is 1.61. The number of hydrogen-bond donors (Lipinski definition) is 1. The predicted octanol–water partition coefficient (Wildman–Crippen LogP) is 3.40. The fourth-order valence-electron chi connectivity index (χ4n) is 1.89. The zero-order chi connectivity index (χ0) is 15.9. The van der Waals surface area contributed by atoms with E-state index in [2.05, 4.69) is 10.3 Å². The van der Waals surface area contributed by atoms with Gasteiger partial charge in [0.2, 0.25) is 0 Å². The number of nitrogens with one attached hydrogen (secondary N) is 1. The lowest BCUT2D eigenvalue weighted by molar-refractivity contribution is 0.0921. The number of amides is 1. The lowest BCUT2D eigenvalue weighted by Crippen LogP contribution is -2.19. The molecule has 0 fully saturated rings.